The molecule has 6 fully saturated rings. The summed E-state index contributed by atoms with van der Waals surface area (Å²) < 4.78 is 27.1. The van der Waals surface area contributed by atoms with Crippen molar-refractivity contribution in [2.45, 2.75) is 121 Å². The van der Waals surface area contributed by atoms with E-state index in [0.29, 0.717) is 23.0 Å². The maximum Gasteiger partial charge on any atom is 0.204 e. The molecule has 0 unspecified atom stereocenters. The van der Waals surface area contributed by atoms with Gasteiger partial charge in [0.1, 0.15) is 22.9 Å². The van der Waals surface area contributed by atoms with Gasteiger partial charge in [0, 0.05) is 12.3 Å². The third-order valence-corrected chi connectivity index (χ3v) is 15.6. The Bertz CT molecular complexity index is 697. The fraction of sp³-hybridized carbons (Fsp3) is 0.955. The summed E-state index contributed by atoms with van der Waals surface area (Å²) in [5.41, 5.74) is -0.462. The van der Waals surface area contributed by atoms with Crippen LogP contribution < -0.4 is 0 Å². The smallest absolute Gasteiger partial charge is 0.204 e. The third-order valence-electron chi connectivity index (χ3n) is 8.53. The second kappa shape index (κ2) is 6.04. The van der Waals surface area contributed by atoms with E-state index in [-0.39, 0.29) is 5.92 Å². The van der Waals surface area contributed by atoms with E-state index in [9.17, 15) is 4.79 Å². The van der Waals surface area contributed by atoms with Crippen molar-refractivity contribution in [3.05, 3.63) is 0 Å². The maximum atomic E-state index is 12.7. The van der Waals surface area contributed by atoms with Gasteiger partial charge in [-0.15, -0.1) is 0 Å². The maximum absolute atomic E-state index is 12.7. The fourth-order valence-corrected chi connectivity index (χ4v) is 14.8. The van der Waals surface area contributed by atoms with Gasteiger partial charge < -0.3 is 23.1 Å². The number of rotatable bonds is 8. The minimum absolute atomic E-state index is 0.0209. The van der Waals surface area contributed by atoms with Crippen molar-refractivity contribution < 1.29 is 23.1 Å². The van der Waals surface area contributed by atoms with Crippen LogP contribution in [0.5, 0.6) is 0 Å². The first-order valence-corrected chi connectivity index (χ1v) is 16.9. The highest BCUT2D eigenvalue weighted by Crippen LogP contribution is 2.82. The zero-order valence-electron chi connectivity index (χ0n) is 19.9. The van der Waals surface area contributed by atoms with E-state index in [1.807, 2.05) is 0 Å². The molecule has 3 heterocycles. The van der Waals surface area contributed by atoms with Crippen molar-refractivity contribution in [1.29, 1.82) is 0 Å². The summed E-state index contributed by atoms with van der Waals surface area (Å²) in [6.07, 6.45) is 2.00. The molecule has 7 heteroatoms. The zero-order valence-corrected chi connectivity index (χ0v) is 21.9. The molecule has 3 aliphatic heterocycles. The van der Waals surface area contributed by atoms with E-state index in [1.165, 1.54) is 0 Å². The Morgan fingerprint density at radius 3 is 1.97 bits per heavy atom. The Morgan fingerprint density at radius 2 is 1.52 bits per heavy atom. The van der Waals surface area contributed by atoms with Gasteiger partial charge in [0.25, 0.3) is 0 Å². The Kier molecular flexibility index (Phi) is 4.61. The topological polar surface area (TPSA) is 54.0 Å². The van der Waals surface area contributed by atoms with Crippen molar-refractivity contribution in [1.82, 2.24) is 0 Å². The first-order chi connectivity index (χ1) is 13.2. The summed E-state index contributed by atoms with van der Waals surface area (Å²) in [6, 6.07) is 0. The van der Waals surface area contributed by atoms with Gasteiger partial charge in [0.05, 0.1) is 0 Å². The van der Waals surface area contributed by atoms with Crippen molar-refractivity contribution >= 4 is 22.9 Å². The summed E-state index contributed by atoms with van der Waals surface area (Å²) in [7, 11) is -4.08. The summed E-state index contributed by atoms with van der Waals surface area (Å²) in [6.45, 7) is 22.5. The first-order valence-electron chi connectivity index (χ1n) is 11.4. The molecule has 6 bridgehead atoms. The van der Waals surface area contributed by atoms with Crippen LogP contribution in [-0.2, 0) is 23.1 Å². The lowest BCUT2D eigenvalue weighted by molar-refractivity contribution is -0.372. The van der Waals surface area contributed by atoms with E-state index in [1.54, 1.807) is 0 Å². The van der Waals surface area contributed by atoms with Gasteiger partial charge in [-0.1, -0.05) is 41.5 Å². The molecule has 0 aromatic rings. The molecular weight excluding hydrogens is 400 g/mol. The molecular formula is C22H40O5Si2. The van der Waals surface area contributed by atoms with E-state index in [2.05, 4.69) is 68.1 Å². The molecule has 5 nitrogen and oxygen atoms in total. The molecule has 3 saturated carbocycles. The molecule has 3 saturated heterocycles. The number of hydrogen-bond donors (Lipinski definition) is 0. The van der Waals surface area contributed by atoms with Crippen LogP contribution in [-0.4, -0.2) is 46.2 Å². The average molecular weight is 441 g/mol. The molecule has 0 spiro atoms. The molecule has 6 aliphatic rings. The average Bonchev–Trinajstić information content (AvgIpc) is 2.74. The summed E-state index contributed by atoms with van der Waals surface area (Å²) in [5, 5.41) is 0. The molecule has 6 atom stereocenters. The number of carbonyl (C=O) groups is 1. The van der Waals surface area contributed by atoms with Crippen LogP contribution in [0.1, 0.15) is 61.3 Å². The molecule has 166 valence electrons. The van der Waals surface area contributed by atoms with Crippen molar-refractivity contribution in [2.75, 3.05) is 0 Å². The molecule has 0 aromatic carbocycles. The van der Waals surface area contributed by atoms with E-state index in [0.717, 1.165) is 12.7 Å². The van der Waals surface area contributed by atoms with Gasteiger partial charge in [0.2, 0.25) is 8.32 Å². The minimum Gasteiger partial charge on any atom is -0.408 e. The quantitative estimate of drug-likeness (QED) is 0.383. The van der Waals surface area contributed by atoms with Crippen molar-refractivity contribution in [3.63, 3.8) is 0 Å². The van der Waals surface area contributed by atoms with Crippen molar-refractivity contribution in [2.24, 2.45) is 11.3 Å². The number of carbonyl (C=O) groups excluding carboxylic acids is 1. The van der Waals surface area contributed by atoms with Crippen LogP contribution in [0.2, 0.25) is 36.3 Å². The van der Waals surface area contributed by atoms with Crippen LogP contribution in [0, 0.1) is 11.3 Å². The van der Waals surface area contributed by atoms with Crippen LogP contribution in [0.3, 0.4) is 0 Å². The summed E-state index contributed by atoms with van der Waals surface area (Å²) in [4.78, 5) is 12.7. The highest BCUT2D eigenvalue weighted by Gasteiger charge is 2.95. The van der Waals surface area contributed by atoms with Gasteiger partial charge in [-0.2, -0.15) is 0 Å². The molecule has 29 heavy (non-hydrogen) atoms. The SMILES string of the molecule is CC(C)[Si](O[C@]12C[C@]3(C)O[C@@H](O1)[C@]1(C=O)[C@H]2C[C@@]13O[Si](C)(C)C)(C(C)C)C(C)C. The lowest BCUT2D eigenvalue weighted by Gasteiger charge is -2.69. The highest BCUT2D eigenvalue weighted by atomic mass is 28.4. The largest absolute Gasteiger partial charge is 0.408 e. The Balaban J connectivity index is 1.79. The Hall–Kier alpha value is -0.0562. The van der Waals surface area contributed by atoms with Gasteiger partial charge >= 0.3 is 0 Å². The molecule has 0 amide bonds. The number of aldehydes is 1. The predicted molar refractivity (Wildman–Crippen MR) is 118 cm³/mol. The summed E-state index contributed by atoms with van der Waals surface area (Å²) >= 11 is 0. The predicted octanol–water partition coefficient (Wildman–Crippen LogP) is 5.22. The van der Waals surface area contributed by atoms with E-state index >= 15 is 0 Å². The van der Waals surface area contributed by atoms with E-state index < -0.39 is 45.3 Å². The minimum atomic E-state index is -2.19. The van der Waals surface area contributed by atoms with Gasteiger partial charge in [0.15, 0.2) is 20.4 Å². The van der Waals surface area contributed by atoms with Gasteiger partial charge in [-0.05, 0) is 49.6 Å². The van der Waals surface area contributed by atoms with Crippen molar-refractivity contribution in [3.8, 4) is 0 Å². The third kappa shape index (κ3) is 2.32. The fourth-order valence-electron chi connectivity index (χ4n) is 7.74. The summed E-state index contributed by atoms with van der Waals surface area (Å²) in [5.74, 6) is -0.693. The molecule has 6 rings (SSSR count). The van der Waals surface area contributed by atoms with Crippen LogP contribution in [0.25, 0.3) is 0 Å². The normalized spacial score (nSPS) is 45.6. The van der Waals surface area contributed by atoms with Gasteiger partial charge in [-0.25, -0.2) is 0 Å². The highest BCUT2D eigenvalue weighted by molar-refractivity contribution is 6.77. The second-order valence-corrected chi connectivity index (χ2v) is 21.9. The number of hydrogen-bond acceptors (Lipinski definition) is 5. The monoisotopic (exact) mass is 440 g/mol. The second-order valence-electron chi connectivity index (χ2n) is 12.1. The molecule has 0 N–H and O–H groups in total. The van der Waals surface area contributed by atoms with Crippen LogP contribution >= 0.6 is 0 Å². The first kappa shape index (κ1) is 22.1. The van der Waals surface area contributed by atoms with Crippen LogP contribution in [0.15, 0.2) is 0 Å². The molecule has 0 aromatic heterocycles. The molecule has 3 aliphatic carbocycles. The number of ether oxygens (including phenoxy) is 2. The lowest BCUT2D eigenvalue weighted by Crippen LogP contribution is -2.81. The Morgan fingerprint density at radius 1 is 0.966 bits per heavy atom. The van der Waals surface area contributed by atoms with Crippen LogP contribution in [0.4, 0.5) is 0 Å². The molecule has 0 radical (unpaired) electrons. The van der Waals surface area contributed by atoms with Gasteiger partial charge in [-0.3, -0.25) is 0 Å². The van der Waals surface area contributed by atoms with E-state index in [4.69, 9.17) is 18.3 Å². The zero-order chi connectivity index (χ0) is 21.8. The standard InChI is InChI=1S/C22H40O5Si2/c1-14(2)29(15(3)4,16(5)6)26-21-12-19(7)22(27-28(8,9)10)11-17(21)20(22,13-23)18(24-19)25-21/h13-18H,11-12H2,1-10H3/t17-,18+,19+,20+,21+,22+/m1/s1. The Labute approximate surface area is 178 Å². The lowest BCUT2D eigenvalue weighted by atomic mass is 9.41.